The summed E-state index contributed by atoms with van der Waals surface area (Å²) in [7, 11) is -3.85. The van der Waals surface area contributed by atoms with Crippen molar-refractivity contribution in [3.8, 4) is 5.75 Å². The van der Waals surface area contributed by atoms with Crippen LogP contribution in [0, 0.1) is 12.7 Å². The van der Waals surface area contributed by atoms with Gasteiger partial charge in [-0.3, -0.25) is 4.55 Å². The number of rotatable bonds is 8. The molecule has 0 radical (unpaired) electrons. The van der Waals surface area contributed by atoms with E-state index in [9.17, 15) is 12.8 Å². The van der Waals surface area contributed by atoms with Crippen LogP contribution in [0.2, 0.25) is 0 Å². The lowest BCUT2D eigenvalue weighted by molar-refractivity contribution is 0.290. The fourth-order valence-corrected chi connectivity index (χ4v) is 2.21. The average molecular weight is 290 g/mol. The van der Waals surface area contributed by atoms with Crippen LogP contribution in [0.4, 0.5) is 4.39 Å². The molecule has 1 N–H and O–H groups in total. The molecule has 0 unspecified atom stereocenters. The van der Waals surface area contributed by atoms with E-state index in [0.717, 1.165) is 18.4 Å². The first-order chi connectivity index (χ1) is 8.88. The van der Waals surface area contributed by atoms with E-state index in [1.807, 2.05) is 6.92 Å². The molecule has 1 aromatic carbocycles. The second kappa shape index (κ2) is 7.45. The van der Waals surface area contributed by atoms with Gasteiger partial charge in [0.1, 0.15) is 0 Å². The number of aryl methyl sites for hydroxylation is 1. The maximum Gasteiger partial charge on any atom is 0.264 e. The van der Waals surface area contributed by atoms with Gasteiger partial charge in [-0.1, -0.05) is 18.9 Å². The predicted octanol–water partition coefficient (Wildman–Crippen LogP) is 2.96. The Morgan fingerprint density at radius 2 is 1.89 bits per heavy atom. The first kappa shape index (κ1) is 15.9. The number of hydrogen-bond donors (Lipinski definition) is 1. The van der Waals surface area contributed by atoms with Gasteiger partial charge in [0, 0.05) is 0 Å². The zero-order valence-electron chi connectivity index (χ0n) is 10.9. The molecule has 0 aromatic heterocycles. The zero-order valence-corrected chi connectivity index (χ0v) is 11.7. The van der Waals surface area contributed by atoms with Gasteiger partial charge in [0.2, 0.25) is 0 Å². The third kappa shape index (κ3) is 7.12. The summed E-state index contributed by atoms with van der Waals surface area (Å²) in [4.78, 5) is 0. The molecule has 0 heterocycles. The minimum atomic E-state index is -3.85. The molecule has 6 heteroatoms. The Morgan fingerprint density at radius 3 is 2.53 bits per heavy atom. The summed E-state index contributed by atoms with van der Waals surface area (Å²) in [6.45, 7) is 2.20. The van der Waals surface area contributed by atoms with Crippen LogP contribution in [0.1, 0.15) is 31.2 Å². The van der Waals surface area contributed by atoms with Crippen LogP contribution in [-0.4, -0.2) is 25.3 Å². The Hall–Kier alpha value is -1.14. The molecule has 0 saturated carbocycles. The SMILES string of the molecule is Cc1ccc(OCCCCCCS(=O)(=O)O)c(F)c1. The van der Waals surface area contributed by atoms with Gasteiger partial charge in [-0.2, -0.15) is 8.42 Å². The molecule has 0 spiro atoms. The molecule has 0 bridgehead atoms. The normalized spacial score (nSPS) is 11.5. The van der Waals surface area contributed by atoms with Gasteiger partial charge < -0.3 is 4.74 Å². The van der Waals surface area contributed by atoms with E-state index >= 15 is 0 Å². The third-order valence-corrected chi connectivity index (χ3v) is 3.45. The second-order valence-electron chi connectivity index (χ2n) is 4.48. The van der Waals surface area contributed by atoms with Crippen LogP contribution in [0.5, 0.6) is 5.75 Å². The summed E-state index contributed by atoms with van der Waals surface area (Å²) < 4.78 is 48.1. The van der Waals surface area contributed by atoms with Crippen molar-refractivity contribution in [3.05, 3.63) is 29.6 Å². The van der Waals surface area contributed by atoms with Crippen molar-refractivity contribution >= 4 is 10.1 Å². The molecule has 1 rings (SSSR count). The summed E-state index contributed by atoms with van der Waals surface area (Å²) in [6.07, 6.45) is 2.62. The molecular formula is C13H19FO4S. The molecule has 4 nitrogen and oxygen atoms in total. The summed E-state index contributed by atoms with van der Waals surface area (Å²) >= 11 is 0. The van der Waals surface area contributed by atoms with Crippen LogP contribution < -0.4 is 4.74 Å². The van der Waals surface area contributed by atoms with E-state index in [0.29, 0.717) is 19.4 Å². The molecule has 0 aliphatic rings. The molecular weight excluding hydrogens is 271 g/mol. The molecule has 1 aromatic rings. The third-order valence-electron chi connectivity index (χ3n) is 2.64. The van der Waals surface area contributed by atoms with Gasteiger partial charge in [0.05, 0.1) is 12.4 Å². The summed E-state index contributed by atoms with van der Waals surface area (Å²) in [5.41, 5.74) is 0.843. The highest BCUT2D eigenvalue weighted by atomic mass is 32.2. The standard InChI is InChI=1S/C13H19FO4S/c1-11-6-7-13(12(14)10-11)18-8-4-2-3-5-9-19(15,16)17/h6-7,10H,2-5,8-9H2,1H3,(H,15,16,17). The predicted molar refractivity (Wildman–Crippen MR) is 71.5 cm³/mol. The largest absolute Gasteiger partial charge is 0.491 e. The van der Waals surface area contributed by atoms with Gasteiger partial charge in [-0.05, 0) is 37.5 Å². The molecule has 0 fully saturated rings. The first-order valence-corrected chi connectivity index (χ1v) is 7.83. The van der Waals surface area contributed by atoms with Crippen molar-refractivity contribution in [2.45, 2.75) is 32.6 Å². The first-order valence-electron chi connectivity index (χ1n) is 6.22. The number of halogens is 1. The number of hydrogen-bond acceptors (Lipinski definition) is 3. The quantitative estimate of drug-likeness (QED) is 0.590. The Morgan fingerprint density at radius 1 is 1.21 bits per heavy atom. The van der Waals surface area contributed by atoms with Crippen molar-refractivity contribution in [1.82, 2.24) is 0 Å². The van der Waals surface area contributed by atoms with Crippen molar-refractivity contribution < 1.29 is 22.1 Å². The van der Waals surface area contributed by atoms with E-state index < -0.39 is 10.1 Å². The molecule has 108 valence electrons. The van der Waals surface area contributed by atoms with Crippen LogP contribution in [0.15, 0.2) is 18.2 Å². The number of unbranched alkanes of at least 4 members (excludes halogenated alkanes) is 3. The lowest BCUT2D eigenvalue weighted by atomic mass is 10.2. The van der Waals surface area contributed by atoms with Gasteiger partial charge in [0.25, 0.3) is 10.1 Å². The summed E-state index contributed by atoms with van der Waals surface area (Å²) in [5.74, 6) is -0.338. The fraction of sp³-hybridized carbons (Fsp3) is 0.538. The molecule has 0 atom stereocenters. The Labute approximate surface area is 113 Å². The fourth-order valence-electron chi connectivity index (χ4n) is 1.65. The second-order valence-corrected chi connectivity index (χ2v) is 6.05. The van der Waals surface area contributed by atoms with Crippen LogP contribution in [0.3, 0.4) is 0 Å². The van der Waals surface area contributed by atoms with Crippen LogP contribution in [0.25, 0.3) is 0 Å². The topological polar surface area (TPSA) is 63.6 Å². The van der Waals surface area contributed by atoms with Gasteiger partial charge in [-0.25, -0.2) is 4.39 Å². The van der Waals surface area contributed by atoms with Crippen LogP contribution >= 0.6 is 0 Å². The highest BCUT2D eigenvalue weighted by Crippen LogP contribution is 2.18. The minimum Gasteiger partial charge on any atom is -0.491 e. The van der Waals surface area contributed by atoms with Crippen LogP contribution in [-0.2, 0) is 10.1 Å². The molecule has 0 aliphatic heterocycles. The Balaban J connectivity index is 2.14. The maximum atomic E-state index is 13.4. The highest BCUT2D eigenvalue weighted by Gasteiger charge is 2.04. The van der Waals surface area contributed by atoms with E-state index in [4.69, 9.17) is 9.29 Å². The zero-order chi connectivity index (χ0) is 14.3. The average Bonchev–Trinajstić information content (AvgIpc) is 2.29. The van der Waals surface area contributed by atoms with E-state index in [2.05, 4.69) is 0 Å². The van der Waals surface area contributed by atoms with E-state index in [1.165, 1.54) is 6.07 Å². The smallest absolute Gasteiger partial charge is 0.264 e. The molecule has 19 heavy (non-hydrogen) atoms. The number of benzene rings is 1. The Kier molecular flexibility index (Phi) is 6.24. The van der Waals surface area contributed by atoms with Crippen molar-refractivity contribution in [2.75, 3.05) is 12.4 Å². The molecule has 0 amide bonds. The van der Waals surface area contributed by atoms with E-state index in [1.54, 1.807) is 12.1 Å². The maximum absolute atomic E-state index is 13.4. The number of ether oxygens (including phenoxy) is 1. The summed E-state index contributed by atoms with van der Waals surface area (Å²) in [5, 5.41) is 0. The molecule has 0 aliphatic carbocycles. The van der Waals surface area contributed by atoms with E-state index in [-0.39, 0.29) is 17.3 Å². The monoisotopic (exact) mass is 290 g/mol. The van der Waals surface area contributed by atoms with Gasteiger partial charge >= 0.3 is 0 Å². The van der Waals surface area contributed by atoms with Gasteiger partial charge in [-0.15, -0.1) is 0 Å². The van der Waals surface area contributed by atoms with Gasteiger partial charge in [0.15, 0.2) is 11.6 Å². The van der Waals surface area contributed by atoms with Crippen molar-refractivity contribution in [1.29, 1.82) is 0 Å². The summed E-state index contributed by atoms with van der Waals surface area (Å²) in [6, 6.07) is 4.80. The van der Waals surface area contributed by atoms with Crippen molar-refractivity contribution in [3.63, 3.8) is 0 Å². The lowest BCUT2D eigenvalue weighted by Crippen LogP contribution is -2.04. The molecule has 0 saturated heterocycles. The highest BCUT2D eigenvalue weighted by molar-refractivity contribution is 7.85. The Bertz CT molecular complexity index is 499. The minimum absolute atomic E-state index is 0.208. The lowest BCUT2D eigenvalue weighted by Gasteiger charge is -2.07. The van der Waals surface area contributed by atoms with Crippen molar-refractivity contribution in [2.24, 2.45) is 0 Å².